The number of carbonyl (C=O) groups excluding carboxylic acids is 1. The highest BCUT2D eigenvalue weighted by atomic mass is 16.2. The van der Waals surface area contributed by atoms with E-state index in [-0.39, 0.29) is 11.3 Å². The molecule has 1 N–H and O–H groups in total. The number of fused-ring (bicyclic) bond motifs is 1. The van der Waals surface area contributed by atoms with Crippen molar-refractivity contribution in [2.75, 3.05) is 26.7 Å². The fourth-order valence-electron chi connectivity index (χ4n) is 2.57. The number of carbonyl (C=O) groups is 1. The van der Waals surface area contributed by atoms with Crippen LogP contribution < -0.4 is 5.32 Å². The van der Waals surface area contributed by atoms with E-state index in [1.807, 2.05) is 11.9 Å². The van der Waals surface area contributed by atoms with E-state index in [1.165, 1.54) is 0 Å². The lowest BCUT2D eigenvalue weighted by Crippen LogP contribution is -2.44. The third kappa shape index (κ3) is 0.959. The van der Waals surface area contributed by atoms with E-state index < -0.39 is 0 Å². The van der Waals surface area contributed by atoms with Crippen LogP contribution in [0.4, 0.5) is 0 Å². The van der Waals surface area contributed by atoms with Crippen LogP contribution in [0.25, 0.3) is 0 Å². The van der Waals surface area contributed by atoms with E-state index in [2.05, 4.69) is 12.2 Å². The van der Waals surface area contributed by atoms with Crippen LogP contribution in [0.2, 0.25) is 0 Å². The smallest absolute Gasteiger partial charge is 0.226 e. The van der Waals surface area contributed by atoms with Gasteiger partial charge in [0, 0.05) is 31.5 Å². The van der Waals surface area contributed by atoms with Crippen LogP contribution >= 0.6 is 0 Å². The Balaban J connectivity index is 2.24. The molecule has 0 radical (unpaired) electrons. The van der Waals surface area contributed by atoms with Gasteiger partial charge in [-0.15, -0.1) is 0 Å². The van der Waals surface area contributed by atoms with Gasteiger partial charge in [0.25, 0.3) is 0 Å². The Kier molecular flexibility index (Phi) is 1.65. The lowest BCUT2D eigenvalue weighted by atomic mass is 9.75. The summed E-state index contributed by atoms with van der Waals surface area (Å²) >= 11 is 0. The standard InChI is InChI=1S/C9H16N2O/c1-9-5-10-4-3-7(9)8(12)11(2)6-9/h7,10H,3-6H2,1-2H3. The molecule has 0 aromatic heterocycles. The molecular formula is C9H16N2O. The van der Waals surface area contributed by atoms with Gasteiger partial charge in [0.05, 0.1) is 0 Å². The molecular weight excluding hydrogens is 152 g/mol. The fraction of sp³-hybridized carbons (Fsp3) is 0.889. The predicted molar refractivity (Wildman–Crippen MR) is 46.7 cm³/mol. The van der Waals surface area contributed by atoms with Gasteiger partial charge in [-0.25, -0.2) is 0 Å². The number of piperidine rings is 1. The van der Waals surface area contributed by atoms with Gasteiger partial charge in [-0.3, -0.25) is 4.79 Å². The Labute approximate surface area is 73.1 Å². The van der Waals surface area contributed by atoms with E-state index in [4.69, 9.17) is 0 Å². The summed E-state index contributed by atoms with van der Waals surface area (Å²) in [4.78, 5) is 13.5. The van der Waals surface area contributed by atoms with Crippen molar-refractivity contribution in [3.8, 4) is 0 Å². The highest BCUT2D eigenvalue weighted by Crippen LogP contribution is 2.39. The monoisotopic (exact) mass is 168 g/mol. The summed E-state index contributed by atoms with van der Waals surface area (Å²) in [7, 11) is 1.91. The lowest BCUT2D eigenvalue weighted by Gasteiger charge is -2.33. The topological polar surface area (TPSA) is 32.3 Å². The molecule has 2 atom stereocenters. The molecule has 68 valence electrons. The molecule has 2 saturated heterocycles. The van der Waals surface area contributed by atoms with Crippen LogP contribution in [0.3, 0.4) is 0 Å². The first-order valence-electron chi connectivity index (χ1n) is 4.59. The number of nitrogens with zero attached hydrogens (tertiary/aromatic N) is 1. The lowest BCUT2D eigenvalue weighted by molar-refractivity contribution is -0.131. The zero-order valence-corrected chi connectivity index (χ0v) is 7.76. The minimum Gasteiger partial charge on any atom is -0.345 e. The van der Waals surface area contributed by atoms with E-state index >= 15 is 0 Å². The van der Waals surface area contributed by atoms with Gasteiger partial charge in [0.15, 0.2) is 0 Å². The van der Waals surface area contributed by atoms with Crippen LogP contribution in [0, 0.1) is 11.3 Å². The fourth-order valence-corrected chi connectivity index (χ4v) is 2.57. The van der Waals surface area contributed by atoms with E-state index in [9.17, 15) is 4.79 Å². The summed E-state index contributed by atoms with van der Waals surface area (Å²) in [6.45, 7) is 5.13. The molecule has 1 amide bonds. The van der Waals surface area contributed by atoms with Gasteiger partial charge < -0.3 is 10.2 Å². The van der Waals surface area contributed by atoms with Crippen molar-refractivity contribution in [2.24, 2.45) is 11.3 Å². The molecule has 0 saturated carbocycles. The van der Waals surface area contributed by atoms with Gasteiger partial charge in [-0.05, 0) is 13.0 Å². The SMILES string of the molecule is CN1CC2(C)CNCCC2C1=O. The van der Waals surface area contributed by atoms with Crippen molar-refractivity contribution >= 4 is 5.91 Å². The molecule has 3 nitrogen and oxygen atoms in total. The van der Waals surface area contributed by atoms with Gasteiger partial charge in [0.2, 0.25) is 5.91 Å². The van der Waals surface area contributed by atoms with Crippen molar-refractivity contribution in [1.29, 1.82) is 0 Å². The summed E-state index contributed by atoms with van der Waals surface area (Å²) in [6, 6.07) is 0. The zero-order valence-electron chi connectivity index (χ0n) is 7.76. The Bertz CT molecular complexity index is 217. The molecule has 2 aliphatic heterocycles. The Morgan fingerprint density at radius 3 is 3.08 bits per heavy atom. The third-order valence-corrected chi connectivity index (χ3v) is 3.25. The second-order valence-electron chi connectivity index (χ2n) is 4.37. The quantitative estimate of drug-likeness (QED) is 0.555. The minimum absolute atomic E-state index is 0.198. The maximum absolute atomic E-state index is 11.6. The van der Waals surface area contributed by atoms with Crippen LogP contribution in [0.5, 0.6) is 0 Å². The van der Waals surface area contributed by atoms with Crippen molar-refractivity contribution in [1.82, 2.24) is 10.2 Å². The second-order valence-corrected chi connectivity index (χ2v) is 4.37. The number of rotatable bonds is 0. The van der Waals surface area contributed by atoms with Gasteiger partial charge in [-0.1, -0.05) is 6.92 Å². The van der Waals surface area contributed by atoms with E-state index in [1.54, 1.807) is 0 Å². The summed E-state index contributed by atoms with van der Waals surface area (Å²) < 4.78 is 0. The summed E-state index contributed by atoms with van der Waals surface area (Å²) in [5, 5.41) is 3.36. The number of likely N-dealkylation sites (tertiary alicyclic amines) is 1. The highest BCUT2D eigenvalue weighted by molar-refractivity contribution is 5.82. The summed E-state index contributed by atoms with van der Waals surface area (Å²) in [6.07, 6.45) is 1.01. The molecule has 2 aliphatic rings. The number of hydrogen-bond donors (Lipinski definition) is 1. The third-order valence-electron chi connectivity index (χ3n) is 3.25. The average Bonchev–Trinajstić information content (AvgIpc) is 2.24. The van der Waals surface area contributed by atoms with Crippen LogP contribution in [0.1, 0.15) is 13.3 Å². The van der Waals surface area contributed by atoms with Crippen molar-refractivity contribution < 1.29 is 4.79 Å². The maximum atomic E-state index is 11.6. The van der Waals surface area contributed by atoms with E-state index in [0.29, 0.717) is 5.91 Å². The first-order valence-corrected chi connectivity index (χ1v) is 4.59. The molecule has 2 rings (SSSR count). The normalized spacial score (nSPS) is 41.7. The minimum atomic E-state index is 0.198. The van der Waals surface area contributed by atoms with Gasteiger partial charge >= 0.3 is 0 Å². The molecule has 0 bridgehead atoms. The number of nitrogens with one attached hydrogen (secondary N) is 1. The van der Waals surface area contributed by atoms with Crippen molar-refractivity contribution in [2.45, 2.75) is 13.3 Å². The molecule has 3 heteroatoms. The highest BCUT2D eigenvalue weighted by Gasteiger charge is 2.48. The van der Waals surface area contributed by atoms with Crippen molar-refractivity contribution in [3.05, 3.63) is 0 Å². The molecule has 2 fully saturated rings. The molecule has 0 aromatic rings. The summed E-state index contributed by atoms with van der Waals surface area (Å²) in [5.41, 5.74) is 0.198. The van der Waals surface area contributed by atoms with Crippen LogP contribution in [0.15, 0.2) is 0 Å². The first kappa shape index (κ1) is 8.05. The molecule has 0 aromatic carbocycles. The first-order chi connectivity index (χ1) is 5.63. The zero-order chi connectivity index (χ0) is 8.77. The van der Waals surface area contributed by atoms with Crippen molar-refractivity contribution in [3.63, 3.8) is 0 Å². The largest absolute Gasteiger partial charge is 0.345 e. The van der Waals surface area contributed by atoms with E-state index in [0.717, 1.165) is 26.1 Å². The molecule has 12 heavy (non-hydrogen) atoms. The second kappa shape index (κ2) is 2.46. The molecule has 2 unspecified atom stereocenters. The summed E-state index contributed by atoms with van der Waals surface area (Å²) in [5.74, 6) is 0.628. The van der Waals surface area contributed by atoms with Crippen LogP contribution in [-0.4, -0.2) is 37.5 Å². The van der Waals surface area contributed by atoms with Gasteiger partial charge in [0.1, 0.15) is 0 Å². The molecule has 0 aliphatic carbocycles. The number of amides is 1. The van der Waals surface area contributed by atoms with Crippen LogP contribution in [-0.2, 0) is 4.79 Å². The Morgan fingerprint density at radius 1 is 1.67 bits per heavy atom. The molecule has 2 heterocycles. The number of hydrogen-bond acceptors (Lipinski definition) is 2. The van der Waals surface area contributed by atoms with Gasteiger partial charge in [-0.2, -0.15) is 0 Å². The predicted octanol–water partition coefficient (Wildman–Crippen LogP) is 0.0742. The maximum Gasteiger partial charge on any atom is 0.226 e. The Morgan fingerprint density at radius 2 is 2.42 bits per heavy atom. The average molecular weight is 168 g/mol. The molecule has 0 spiro atoms. The Hall–Kier alpha value is -0.570.